The Kier molecular flexibility index (Phi) is 8.47. The minimum Gasteiger partial charge on any atom is -0.511 e. The molecule has 1 aromatic carbocycles. The molecule has 3 aliphatic carbocycles. The molecule has 1 aromatic heterocycles. The smallest absolute Gasteiger partial charge is 0.229 e. The van der Waals surface area contributed by atoms with Gasteiger partial charge in [0.1, 0.15) is 46.7 Å². The molecule has 13 heteroatoms. The number of ether oxygens (including phenoxy) is 2. The molecule has 1 saturated carbocycles. The van der Waals surface area contributed by atoms with Crippen LogP contribution in [0.3, 0.4) is 0 Å². The highest BCUT2D eigenvalue weighted by molar-refractivity contribution is 8.76. The number of ketones is 2. The number of hydrogen-bond acceptors (Lipinski definition) is 13. The molecule has 7 atom stereocenters. The van der Waals surface area contributed by atoms with Gasteiger partial charge in [-0.2, -0.15) is 0 Å². The average Bonchev–Trinajstić information content (AvgIpc) is 3.53. The third-order valence-electron chi connectivity index (χ3n) is 10.6. The number of carbonyl (C=O) groups excluding carboxylic acids is 2. The Bertz CT molecular complexity index is 1660. The van der Waals surface area contributed by atoms with Crippen LogP contribution in [0.2, 0.25) is 0 Å². The van der Waals surface area contributed by atoms with Gasteiger partial charge in [-0.1, -0.05) is 58.2 Å². The van der Waals surface area contributed by atoms with E-state index < -0.39 is 59.3 Å². The number of allylic oxidation sites excluding steroid dienone is 4. The van der Waals surface area contributed by atoms with E-state index in [1.807, 2.05) is 12.1 Å². The van der Waals surface area contributed by atoms with Crippen molar-refractivity contribution < 1.29 is 44.6 Å². The predicted molar refractivity (Wildman–Crippen MR) is 176 cm³/mol. The number of hydrogen-bond donors (Lipinski definition) is 6. The van der Waals surface area contributed by atoms with Crippen LogP contribution >= 0.6 is 21.6 Å². The third-order valence-corrected chi connectivity index (χ3v) is 12.8. The summed E-state index contributed by atoms with van der Waals surface area (Å²) in [5, 5.41) is 60.5. The largest absolute Gasteiger partial charge is 0.511 e. The summed E-state index contributed by atoms with van der Waals surface area (Å²) < 4.78 is 12.1. The Morgan fingerprint density at radius 1 is 1.11 bits per heavy atom. The van der Waals surface area contributed by atoms with E-state index in [4.69, 9.17) is 9.47 Å². The zero-order valence-corrected chi connectivity index (χ0v) is 27.4. The molecule has 7 unspecified atom stereocenters. The van der Waals surface area contributed by atoms with Gasteiger partial charge in [0.05, 0.1) is 24.0 Å². The molecule has 2 aliphatic heterocycles. The zero-order chi connectivity index (χ0) is 33.1. The second-order valence-electron chi connectivity index (χ2n) is 13.3. The van der Waals surface area contributed by atoms with E-state index in [0.29, 0.717) is 30.1 Å². The predicted octanol–water partition coefficient (Wildman–Crippen LogP) is 3.68. The van der Waals surface area contributed by atoms with Crippen molar-refractivity contribution in [2.24, 2.45) is 11.3 Å². The summed E-state index contributed by atoms with van der Waals surface area (Å²) in [6, 6.07) is 8.36. The van der Waals surface area contributed by atoms with Gasteiger partial charge in [-0.3, -0.25) is 9.59 Å². The number of aliphatic hydroxyl groups is 5. The Morgan fingerprint density at radius 2 is 1.89 bits per heavy atom. The number of pyridine rings is 1. The Balaban J connectivity index is 1.37. The highest BCUT2D eigenvalue weighted by atomic mass is 33.1. The number of nitrogens with zero attached hydrogens (tertiary/aromatic N) is 1. The van der Waals surface area contributed by atoms with Crippen molar-refractivity contribution in [2.75, 3.05) is 23.6 Å². The van der Waals surface area contributed by atoms with E-state index in [9.17, 15) is 35.1 Å². The van der Waals surface area contributed by atoms with Crippen LogP contribution in [0, 0.1) is 11.3 Å². The number of fused-ring (bicyclic) bond motifs is 5. The standard InChI is InChI=1S/C34H38N2O9S2/c1-18-11-21-27(39)20-5-4-6-22-26(20)29(41)33(21,24(38)12-18)16-46-47-17-36-25-13-19(7-10-35-25)32(8-2-3-9-32)15-34(43)28(40)23(14-37)45-31(44-22)30(34)42/h4-7,10-13,21,23,28,30-31,37-38,40,42-43H,2-3,8-9,14-17H2,1H3,(H,35,36). The van der Waals surface area contributed by atoms with Gasteiger partial charge < -0.3 is 40.3 Å². The summed E-state index contributed by atoms with van der Waals surface area (Å²) in [6.45, 7) is 1.08. The van der Waals surface area contributed by atoms with Crippen molar-refractivity contribution in [2.45, 2.75) is 74.6 Å². The third kappa shape index (κ3) is 5.13. The van der Waals surface area contributed by atoms with E-state index in [1.54, 1.807) is 25.3 Å². The number of nitrogens with one attached hydrogen (secondary N) is 1. The first-order valence-electron chi connectivity index (χ1n) is 15.8. The Hall–Kier alpha value is -2.91. The maximum Gasteiger partial charge on any atom is 0.229 e. The first kappa shape index (κ1) is 32.6. The van der Waals surface area contributed by atoms with Gasteiger partial charge in [0.15, 0.2) is 11.6 Å². The number of aliphatic hydroxyl groups excluding tert-OH is 4. The minimum atomic E-state index is -2.19. The number of rotatable bonds is 1. The lowest BCUT2D eigenvalue weighted by Gasteiger charge is -2.51. The summed E-state index contributed by atoms with van der Waals surface area (Å²) >= 11 is 0. The molecule has 2 aromatic rings. The molecule has 6 N–H and O–H groups in total. The van der Waals surface area contributed by atoms with Crippen molar-refractivity contribution >= 4 is 39.0 Å². The second kappa shape index (κ2) is 12.2. The molecule has 5 aliphatic rings. The Labute approximate surface area is 279 Å². The lowest BCUT2D eigenvalue weighted by atomic mass is 9.60. The fourth-order valence-corrected chi connectivity index (χ4v) is 10.4. The first-order valence-corrected chi connectivity index (χ1v) is 18.3. The van der Waals surface area contributed by atoms with Gasteiger partial charge in [0.25, 0.3) is 0 Å². The topological polar surface area (TPSA) is 179 Å². The normalized spacial score (nSPS) is 35.0. The van der Waals surface area contributed by atoms with E-state index in [2.05, 4.69) is 10.3 Å². The van der Waals surface area contributed by atoms with Crippen LogP contribution in [0.1, 0.15) is 65.3 Å². The molecule has 2 fully saturated rings. The number of carbonyl (C=O) groups is 2. The summed E-state index contributed by atoms with van der Waals surface area (Å²) in [5.74, 6) is -1.07. The average molecular weight is 683 g/mol. The SMILES string of the molecule is CC1=CC2C(=O)c3cccc4c3C(=O)C2(CSSCNc2cc(ccn2)C2(CCCC2)CC2(O)C(O)C(CO)OC(O4)C2O)C(O)=C1. The number of anilines is 1. The van der Waals surface area contributed by atoms with Crippen LogP contribution in [-0.2, 0) is 10.2 Å². The van der Waals surface area contributed by atoms with Crippen LogP contribution in [0.15, 0.2) is 60.0 Å². The van der Waals surface area contributed by atoms with Crippen molar-refractivity contribution in [3.63, 3.8) is 0 Å². The number of Topliss-reactive ketones (excluding diaryl/α,β-unsaturated/α-hetero) is 2. The van der Waals surface area contributed by atoms with Crippen LogP contribution in [0.5, 0.6) is 5.75 Å². The van der Waals surface area contributed by atoms with E-state index >= 15 is 0 Å². The lowest BCUT2D eigenvalue weighted by Crippen LogP contribution is -2.69. The molecule has 11 nitrogen and oxygen atoms in total. The Morgan fingerprint density at radius 3 is 2.66 bits per heavy atom. The molecular formula is C34H38N2O9S2. The highest BCUT2D eigenvalue weighted by Crippen LogP contribution is 2.54. The van der Waals surface area contributed by atoms with Crippen molar-refractivity contribution in [3.05, 3.63) is 76.7 Å². The fraction of sp³-hybridized carbons (Fsp3) is 0.500. The van der Waals surface area contributed by atoms with Gasteiger partial charge in [0.2, 0.25) is 6.29 Å². The second-order valence-corrected chi connectivity index (χ2v) is 15.7. The maximum atomic E-state index is 14.7. The zero-order valence-electron chi connectivity index (χ0n) is 25.8. The minimum absolute atomic E-state index is 0.0600. The quantitative estimate of drug-likeness (QED) is 0.240. The molecule has 0 radical (unpaired) electrons. The van der Waals surface area contributed by atoms with Crippen molar-refractivity contribution in [3.8, 4) is 5.75 Å². The van der Waals surface area contributed by atoms with Gasteiger partial charge >= 0.3 is 0 Å². The van der Waals surface area contributed by atoms with Gasteiger partial charge in [0, 0.05) is 17.5 Å². The molecule has 7 rings (SSSR count). The van der Waals surface area contributed by atoms with Crippen molar-refractivity contribution in [1.29, 1.82) is 0 Å². The van der Waals surface area contributed by atoms with Crippen LogP contribution in [-0.4, -0.2) is 90.5 Å². The molecule has 1 saturated heterocycles. The maximum absolute atomic E-state index is 14.7. The van der Waals surface area contributed by atoms with Gasteiger partial charge in [-0.05, 0) is 61.4 Å². The molecule has 6 bridgehead atoms. The van der Waals surface area contributed by atoms with E-state index in [1.165, 1.54) is 39.8 Å². The summed E-state index contributed by atoms with van der Waals surface area (Å²) in [5.41, 5.74) is -2.83. The number of aromatic nitrogens is 1. The van der Waals surface area contributed by atoms with Crippen molar-refractivity contribution in [1.82, 2.24) is 4.98 Å². The fourth-order valence-electron chi connectivity index (χ4n) is 8.12. The van der Waals surface area contributed by atoms with Gasteiger partial charge in [-0.15, -0.1) is 0 Å². The molecular weight excluding hydrogens is 645 g/mol. The summed E-state index contributed by atoms with van der Waals surface area (Å²) in [4.78, 5) is 33.2. The molecule has 3 heterocycles. The summed E-state index contributed by atoms with van der Waals surface area (Å²) in [7, 11) is 2.78. The molecule has 0 amide bonds. The molecule has 2 spiro atoms. The van der Waals surface area contributed by atoms with Crippen LogP contribution in [0.25, 0.3) is 0 Å². The molecule has 47 heavy (non-hydrogen) atoms. The highest BCUT2D eigenvalue weighted by Gasteiger charge is 2.61. The first-order chi connectivity index (χ1) is 22.5. The monoisotopic (exact) mass is 682 g/mol. The lowest BCUT2D eigenvalue weighted by molar-refractivity contribution is -0.318. The summed E-state index contributed by atoms with van der Waals surface area (Å²) in [6.07, 6.45) is 1.53. The number of benzene rings is 1. The van der Waals surface area contributed by atoms with Gasteiger partial charge in [-0.25, -0.2) is 4.98 Å². The van der Waals surface area contributed by atoms with E-state index in [0.717, 1.165) is 18.4 Å². The van der Waals surface area contributed by atoms with Crippen LogP contribution in [0.4, 0.5) is 5.82 Å². The molecule has 250 valence electrons. The van der Waals surface area contributed by atoms with Crippen LogP contribution < -0.4 is 10.1 Å². The van der Waals surface area contributed by atoms with E-state index in [-0.39, 0.29) is 40.6 Å².